The van der Waals surface area contributed by atoms with Gasteiger partial charge in [-0.15, -0.1) is 0 Å². The van der Waals surface area contributed by atoms with E-state index in [-0.39, 0.29) is 0 Å². The topological polar surface area (TPSA) is 3.24 Å². The van der Waals surface area contributed by atoms with Crippen molar-refractivity contribution in [1.82, 2.24) is 4.90 Å². The molecular weight excluding hydrogens is 261 g/mol. The summed E-state index contributed by atoms with van der Waals surface area (Å²) in [4.78, 5) is 2.52. The number of rotatable bonds is 6. The standard InChI is InChI=1S/C10H22IN/c1-5-12(8-11)10(4)7-6-9(2)3/h9-10H,5-8H2,1-4H3/t10-/m1/s1. The van der Waals surface area contributed by atoms with E-state index in [0.717, 1.165) is 16.5 Å². The molecule has 0 unspecified atom stereocenters. The minimum atomic E-state index is 0.759. The summed E-state index contributed by atoms with van der Waals surface area (Å²) in [5, 5.41) is 0. The summed E-state index contributed by atoms with van der Waals surface area (Å²) in [6, 6.07) is 0.759. The van der Waals surface area contributed by atoms with Crippen molar-refractivity contribution >= 4 is 22.6 Å². The van der Waals surface area contributed by atoms with Gasteiger partial charge in [0.05, 0.1) is 4.55 Å². The Bertz CT molecular complexity index is 100. The average molecular weight is 283 g/mol. The summed E-state index contributed by atoms with van der Waals surface area (Å²) < 4.78 is 1.16. The molecule has 0 spiro atoms. The molecule has 2 heteroatoms. The highest BCUT2D eigenvalue weighted by atomic mass is 127. The third kappa shape index (κ3) is 5.36. The molecule has 0 heterocycles. The van der Waals surface area contributed by atoms with Crippen LogP contribution in [-0.4, -0.2) is 22.0 Å². The first kappa shape index (κ1) is 12.7. The van der Waals surface area contributed by atoms with E-state index in [2.05, 4.69) is 55.2 Å². The van der Waals surface area contributed by atoms with Gasteiger partial charge in [0.2, 0.25) is 0 Å². The Morgan fingerprint density at radius 2 is 1.75 bits per heavy atom. The first-order chi connectivity index (χ1) is 5.61. The van der Waals surface area contributed by atoms with Crippen molar-refractivity contribution < 1.29 is 0 Å². The van der Waals surface area contributed by atoms with Gasteiger partial charge in [-0.05, 0) is 32.2 Å². The van der Waals surface area contributed by atoms with Crippen molar-refractivity contribution in [3.8, 4) is 0 Å². The van der Waals surface area contributed by atoms with Crippen molar-refractivity contribution in [2.24, 2.45) is 5.92 Å². The van der Waals surface area contributed by atoms with Crippen molar-refractivity contribution in [2.45, 2.75) is 46.6 Å². The molecule has 0 aromatic heterocycles. The van der Waals surface area contributed by atoms with E-state index in [1.807, 2.05) is 0 Å². The van der Waals surface area contributed by atoms with Crippen LogP contribution in [0.5, 0.6) is 0 Å². The summed E-state index contributed by atoms with van der Waals surface area (Å²) in [6.07, 6.45) is 2.70. The zero-order valence-electron chi connectivity index (χ0n) is 8.81. The molecule has 1 nitrogen and oxygen atoms in total. The van der Waals surface area contributed by atoms with Crippen molar-refractivity contribution in [3.05, 3.63) is 0 Å². The predicted molar refractivity (Wildman–Crippen MR) is 64.8 cm³/mol. The first-order valence-electron chi connectivity index (χ1n) is 4.91. The maximum absolute atomic E-state index is 2.52. The molecule has 0 radical (unpaired) electrons. The van der Waals surface area contributed by atoms with E-state index >= 15 is 0 Å². The zero-order chi connectivity index (χ0) is 9.56. The molecule has 0 aromatic carbocycles. The molecule has 12 heavy (non-hydrogen) atoms. The minimum absolute atomic E-state index is 0.759. The van der Waals surface area contributed by atoms with Gasteiger partial charge in [0.1, 0.15) is 0 Å². The van der Waals surface area contributed by atoms with Gasteiger partial charge in [-0.25, -0.2) is 0 Å². The Labute approximate surface area is 91.0 Å². The third-order valence-electron chi connectivity index (χ3n) is 2.34. The van der Waals surface area contributed by atoms with Crippen LogP contribution in [0.2, 0.25) is 0 Å². The Balaban J connectivity index is 3.61. The van der Waals surface area contributed by atoms with Crippen molar-refractivity contribution in [3.63, 3.8) is 0 Å². The fraction of sp³-hybridized carbons (Fsp3) is 1.00. The quantitative estimate of drug-likeness (QED) is 0.409. The van der Waals surface area contributed by atoms with Gasteiger partial charge in [-0.2, -0.15) is 0 Å². The van der Waals surface area contributed by atoms with E-state index in [1.165, 1.54) is 19.4 Å². The molecule has 1 atom stereocenters. The van der Waals surface area contributed by atoms with E-state index in [1.54, 1.807) is 0 Å². The van der Waals surface area contributed by atoms with Crippen LogP contribution >= 0.6 is 22.6 Å². The summed E-state index contributed by atoms with van der Waals surface area (Å²) in [6.45, 7) is 10.4. The Kier molecular flexibility index (Phi) is 7.54. The van der Waals surface area contributed by atoms with Crippen LogP contribution < -0.4 is 0 Å². The lowest BCUT2D eigenvalue weighted by atomic mass is 10.0. The fourth-order valence-corrected chi connectivity index (χ4v) is 2.43. The van der Waals surface area contributed by atoms with Crippen LogP contribution in [0.3, 0.4) is 0 Å². The lowest BCUT2D eigenvalue weighted by molar-refractivity contribution is 0.243. The Hall–Kier alpha value is 0.690. The van der Waals surface area contributed by atoms with E-state index < -0.39 is 0 Å². The van der Waals surface area contributed by atoms with Crippen LogP contribution in [0.25, 0.3) is 0 Å². The monoisotopic (exact) mass is 283 g/mol. The zero-order valence-corrected chi connectivity index (χ0v) is 11.0. The van der Waals surface area contributed by atoms with Crippen molar-refractivity contribution in [2.75, 3.05) is 11.1 Å². The van der Waals surface area contributed by atoms with Gasteiger partial charge in [0, 0.05) is 6.04 Å². The summed E-state index contributed by atoms with van der Waals surface area (Å²) in [5.74, 6) is 0.848. The SMILES string of the molecule is CCN(CI)[C@H](C)CCC(C)C. The summed E-state index contributed by atoms with van der Waals surface area (Å²) >= 11 is 2.45. The average Bonchev–Trinajstić information content (AvgIpc) is 2.03. The number of hydrogen-bond donors (Lipinski definition) is 0. The highest BCUT2D eigenvalue weighted by Crippen LogP contribution is 2.12. The Morgan fingerprint density at radius 1 is 1.17 bits per heavy atom. The van der Waals surface area contributed by atoms with Gasteiger partial charge in [0.15, 0.2) is 0 Å². The maximum Gasteiger partial charge on any atom is 0.0508 e. The number of halogens is 1. The predicted octanol–water partition coefficient (Wildman–Crippen LogP) is 3.53. The largest absolute Gasteiger partial charge is 0.292 e. The van der Waals surface area contributed by atoms with E-state index in [4.69, 9.17) is 0 Å². The number of nitrogens with zero attached hydrogens (tertiary/aromatic N) is 1. The van der Waals surface area contributed by atoms with Crippen LogP contribution in [0.1, 0.15) is 40.5 Å². The van der Waals surface area contributed by atoms with Gasteiger partial charge >= 0.3 is 0 Å². The smallest absolute Gasteiger partial charge is 0.0508 e. The van der Waals surface area contributed by atoms with Crippen LogP contribution in [-0.2, 0) is 0 Å². The van der Waals surface area contributed by atoms with E-state index in [9.17, 15) is 0 Å². The second kappa shape index (κ2) is 7.13. The van der Waals surface area contributed by atoms with Gasteiger partial charge in [-0.3, -0.25) is 4.90 Å². The molecule has 0 rings (SSSR count). The molecule has 0 bridgehead atoms. The van der Waals surface area contributed by atoms with Gasteiger partial charge in [0.25, 0.3) is 0 Å². The normalized spacial score (nSPS) is 14.2. The molecule has 0 aliphatic heterocycles. The number of alkyl halides is 1. The van der Waals surface area contributed by atoms with Crippen molar-refractivity contribution in [1.29, 1.82) is 0 Å². The highest BCUT2D eigenvalue weighted by Gasteiger charge is 2.10. The first-order valence-corrected chi connectivity index (χ1v) is 6.44. The second-order valence-corrected chi connectivity index (χ2v) is 4.53. The molecular formula is C10H22IN. The number of hydrogen-bond acceptors (Lipinski definition) is 1. The molecule has 0 amide bonds. The summed E-state index contributed by atoms with van der Waals surface area (Å²) in [5.41, 5.74) is 0. The van der Waals surface area contributed by atoms with Crippen LogP contribution in [0, 0.1) is 5.92 Å². The van der Waals surface area contributed by atoms with E-state index in [0.29, 0.717) is 0 Å². The van der Waals surface area contributed by atoms with Crippen LogP contribution in [0.15, 0.2) is 0 Å². The molecule has 0 aliphatic rings. The maximum atomic E-state index is 2.52. The molecule has 0 aromatic rings. The fourth-order valence-electron chi connectivity index (χ4n) is 1.27. The van der Waals surface area contributed by atoms with Gasteiger partial charge < -0.3 is 0 Å². The molecule has 74 valence electrons. The lowest BCUT2D eigenvalue weighted by Gasteiger charge is -2.25. The third-order valence-corrected chi connectivity index (χ3v) is 3.22. The molecule has 0 aliphatic carbocycles. The minimum Gasteiger partial charge on any atom is -0.292 e. The lowest BCUT2D eigenvalue weighted by Crippen LogP contribution is -2.31. The summed E-state index contributed by atoms with van der Waals surface area (Å²) in [7, 11) is 0. The highest BCUT2D eigenvalue weighted by molar-refractivity contribution is 14.1. The molecule has 0 fully saturated rings. The molecule has 0 saturated carbocycles. The molecule has 0 N–H and O–H groups in total. The van der Waals surface area contributed by atoms with Crippen LogP contribution in [0.4, 0.5) is 0 Å². The Morgan fingerprint density at radius 3 is 2.08 bits per heavy atom. The van der Waals surface area contributed by atoms with Gasteiger partial charge in [-0.1, -0.05) is 43.4 Å². The molecule has 0 saturated heterocycles. The second-order valence-electron chi connectivity index (χ2n) is 3.84.